The molecule has 0 N–H and O–H groups in total. The molecule has 0 bridgehead atoms. The zero-order valence-corrected chi connectivity index (χ0v) is 35.5. The fourth-order valence-electron chi connectivity index (χ4n) is 5.88. The Morgan fingerprint density at radius 1 is 0.426 bits per heavy atom. The van der Waals surface area contributed by atoms with Crippen LogP contribution >= 0.6 is 0 Å². The summed E-state index contributed by atoms with van der Waals surface area (Å²) >= 11 is 0. The van der Waals surface area contributed by atoms with E-state index in [1.165, 1.54) is 83.5 Å². The summed E-state index contributed by atoms with van der Waals surface area (Å²) in [5.74, 6) is -0.460. The number of carbonyl (C=O) groups is 2. The van der Waals surface area contributed by atoms with Crippen LogP contribution in [0.4, 0.5) is 0 Å². The van der Waals surface area contributed by atoms with Crippen LogP contribution in [-0.2, 0) is 23.8 Å². The highest BCUT2D eigenvalue weighted by Crippen LogP contribution is 2.12. The third-order valence-electron chi connectivity index (χ3n) is 9.23. The van der Waals surface area contributed by atoms with E-state index in [2.05, 4.69) is 93.7 Å². The van der Waals surface area contributed by atoms with Gasteiger partial charge in [-0.05, 0) is 89.9 Å². The van der Waals surface area contributed by atoms with E-state index >= 15 is 0 Å². The van der Waals surface area contributed by atoms with Crippen molar-refractivity contribution in [1.29, 1.82) is 0 Å². The molecule has 1 unspecified atom stereocenters. The molecular formula is C49H84O5. The van der Waals surface area contributed by atoms with E-state index in [1.54, 1.807) is 0 Å². The van der Waals surface area contributed by atoms with Crippen molar-refractivity contribution in [3.05, 3.63) is 72.9 Å². The smallest absolute Gasteiger partial charge is 0.306 e. The molecule has 0 heterocycles. The van der Waals surface area contributed by atoms with Gasteiger partial charge >= 0.3 is 11.9 Å². The lowest BCUT2D eigenvalue weighted by molar-refractivity contribution is -0.163. The second-order valence-corrected chi connectivity index (χ2v) is 14.6. The van der Waals surface area contributed by atoms with E-state index in [0.29, 0.717) is 19.4 Å². The molecule has 0 spiro atoms. The lowest BCUT2D eigenvalue weighted by Crippen LogP contribution is -2.30. The molecule has 0 aromatic carbocycles. The number of unbranched alkanes of at least 4 members (excludes halogenated alkanes) is 17. The van der Waals surface area contributed by atoms with Crippen LogP contribution in [0.1, 0.15) is 201 Å². The third kappa shape index (κ3) is 42.1. The summed E-state index contributed by atoms with van der Waals surface area (Å²) in [5.41, 5.74) is 0. The van der Waals surface area contributed by atoms with E-state index in [4.69, 9.17) is 14.2 Å². The van der Waals surface area contributed by atoms with E-state index in [0.717, 1.165) is 83.5 Å². The molecular weight excluding hydrogens is 669 g/mol. The van der Waals surface area contributed by atoms with E-state index in [9.17, 15) is 9.59 Å². The van der Waals surface area contributed by atoms with Crippen molar-refractivity contribution >= 4 is 11.9 Å². The highest BCUT2D eigenvalue weighted by molar-refractivity contribution is 5.70. The number of rotatable bonds is 40. The van der Waals surface area contributed by atoms with Crippen molar-refractivity contribution < 1.29 is 23.8 Å². The molecule has 0 aliphatic carbocycles. The highest BCUT2D eigenvalue weighted by atomic mass is 16.6. The van der Waals surface area contributed by atoms with Gasteiger partial charge in [-0.15, -0.1) is 0 Å². The fraction of sp³-hybridized carbons (Fsp3) is 0.714. The number of esters is 2. The average molecular weight is 753 g/mol. The van der Waals surface area contributed by atoms with Crippen LogP contribution in [0.15, 0.2) is 72.9 Å². The van der Waals surface area contributed by atoms with Crippen LogP contribution in [0, 0.1) is 0 Å². The van der Waals surface area contributed by atoms with Gasteiger partial charge < -0.3 is 14.2 Å². The standard InChI is InChI=1S/C49H84O5/c1-4-7-10-13-16-18-20-22-24-25-27-28-30-32-34-36-39-42-48(50)53-46-47(45-52-44-41-38-15-12-9-6-3)54-49(51)43-40-37-35-33-31-29-26-23-21-19-17-14-11-8-5-2/h8,11,16-19,22-24,26,31,33,47H,4-7,9-10,12-15,20-21,25,27-30,32,34-46H2,1-3H3/b11-8-,18-16-,19-17-,24-22-,26-23-,33-31-. The normalized spacial score (nSPS) is 12.9. The Kier molecular flexibility index (Phi) is 42.5. The molecule has 1 atom stereocenters. The summed E-state index contributed by atoms with van der Waals surface area (Å²) in [4.78, 5) is 25.1. The largest absolute Gasteiger partial charge is 0.462 e. The molecule has 0 aliphatic rings. The molecule has 0 aromatic rings. The van der Waals surface area contributed by atoms with Crippen molar-refractivity contribution in [2.45, 2.75) is 207 Å². The summed E-state index contributed by atoms with van der Waals surface area (Å²) in [6, 6.07) is 0. The average Bonchev–Trinajstić information content (AvgIpc) is 3.17. The Balaban J connectivity index is 4.21. The van der Waals surface area contributed by atoms with Gasteiger partial charge in [0.1, 0.15) is 6.61 Å². The zero-order valence-electron chi connectivity index (χ0n) is 35.5. The predicted molar refractivity (Wildman–Crippen MR) is 233 cm³/mol. The first kappa shape index (κ1) is 51.3. The van der Waals surface area contributed by atoms with Crippen molar-refractivity contribution in [2.75, 3.05) is 19.8 Å². The van der Waals surface area contributed by atoms with Crippen LogP contribution in [0.5, 0.6) is 0 Å². The second kappa shape index (κ2) is 44.7. The van der Waals surface area contributed by atoms with Gasteiger partial charge in [-0.3, -0.25) is 9.59 Å². The van der Waals surface area contributed by atoms with Gasteiger partial charge in [-0.1, -0.05) is 171 Å². The Morgan fingerprint density at radius 2 is 0.833 bits per heavy atom. The van der Waals surface area contributed by atoms with Gasteiger partial charge in [0.2, 0.25) is 0 Å². The molecule has 0 radical (unpaired) electrons. The quantitative estimate of drug-likeness (QED) is 0.0354. The van der Waals surface area contributed by atoms with Crippen molar-refractivity contribution in [2.24, 2.45) is 0 Å². The first-order valence-corrected chi connectivity index (χ1v) is 22.5. The predicted octanol–water partition coefficient (Wildman–Crippen LogP) is 14.8. The Bertz CT molecular complexity index is 988. The minimum absolute atomic E-state index is 0.0622. The zero-order chi connectivity index (χ0) is 39.3. The van der Waals surface area contributed by atoms with Gasteiger partial charge in [0.15, 0.2) is 6.10 Å². The Morgan fingerprint density at radius 3 is 1.41 bits per heavy atom. The second-order valence-electron chi connectivity index (χ2n) is 14.6. The van der Waals surface area contributed by atoms with Crippen LogP contribution in [0.2, 0.25) is 0 Å². The van der Waals surface area contributed by atoms with Crippen molar-refractivity contribution in [3.8, 4) is 0 Å². The van der Waals surface area contributed by atoms with Gasteiger partial charge in [0, 0.05) is 19.4 Å². The number of carbonyl (C=O) groups excluding carboxylic acids is 2. The lowest BCUT2D eigenvalue weighted by atomic mass is 10.1. The van der Waals surface area contributed by atoms with E-state index in [1.807, 2.05) is 0 Å². The molecule has 0 amide bonds. The first-order valence-electron chi connectivity index (χ1n) is 22.5. The molecule has 0 saturated heterocycles. The highest BCUT2D eigenvalue weighted by Gasteiger charge is 2.17. The van der Waals surface area contributed by atoms with Gasteiger partial charge in [0.05, 0.1) is 6.61 Å². The Hall–Kier alpha value is -2.66. The number of hydrogen-bond donors (Lipinski definition) is 0. The SMILES string of the molecule is CC/C=C\C/C=C\C/C=C\C/C=C\CCCCC(=O)OC(COCCCCCCCC)COC(=O)CCCCCCCCC/C=C\C/C=C\CCCCC. The maximum absolute atomic E-state index is 12.7. The molecule has 0 aromatic heterocycles. The summed E-state index contributed by atoms with van der Waals surface area (Å²) in [5, 5.41) is 0. The van der Waals surface area contributed by atoms with E-state index in [-0.39, 0.29) is 25.2 Å². The molecule has 0 aliphatic heterocycles. The van der Waals surface area contributed by atoms with Crippen LogP contribution < -0.4 is 0 Å². The van der Waals surface area contributed by atoms with Crippen LogP contribution in [0.25, 0.3) is 0 Å². The fourth-order valence-corrected chi connectivity index (χ4v) is 5.88. The maximum Gasteiger partial charge on any atom is 0.306 e. The number of allylic oxidation sites excluding steroid dienone is 12. The summed E-state index contributed by atoms with van der Waals surface area (Å²) in [7, 11) is 0. The van der Waals surface area contributed by atoms with Crippen molar-refractivity contribution in [1.82, 2.24) is 0 Å². The van der Waals surface area contributed by atoms with Gasteiger partial charge in [0.25, 0.3) is 0 Å². The molecule has 0 saturated carbocycles. The minimum atomic E-state index is -0.558. The number of hydrogen-bond acceptors (Lipinski definition) is 5. The summed E-state index contributed by atoms with van der Waals surface area (Å²) in [6.07, 6.45) is 56.2. The van der Waals surface area contributed by atoms with Gasteiger partial charge in [-0.2, -0.15) is 0 Å². The lowest BCUT2D eigenvalue weighted by Gasteiger charge is -2.18. The summed E-state index contributed by atoms with van der Waals surface area (Å²) in [6.45, 7) is 7.59. The maximum atomic E-state index is 12.7. The molecule has 310 valence electrons. The van der Waals surface area contributed by atoms with Crippen molar-refractivity contribution in [3.63, 3.8) is 0 Å². The molecule has 5 heteroatoms. The van der Waals surface area contributed by atoms with Crippen LogP contribution in [-0.4, -0.2) is 37.9 Å². The Labute approximate surface area is 334 Å². The monoisotopic (exact) mass is 753 g/mol. The van der Waals surface area contributed by atoms with Gasteiger partial charge in [-0.25, -0.2) is 0 Å². The molecule has 0 rings (SSSR count). The molecule has 54 heavy (non-hydrogen) atoms. The topological polar surface area (TPSA) is 61.8 Å². The van der Waals surface area contributed by atoms with Crippen LogP contribution in [0.3, 0.4) is 0 Å². The third-order valence-corrected chi connectivity index (χ3v) is 9.23. The molecule has 0 fully saturated rings. The molecule has 5 nitrogen and oxygen atoms in total. The summed E-state index contributed by atoms with van der Waals surface area (Å²) < 4.78 is 17.2. The van der Waals surface area contributed by atoms with E-state index < -0.39 is 6.10 Å². The minimum Gasteiger partial charge on any atom is -0.462 e. The number of ether oxygens (including phenoxy) is 3. The first-order chi connectivity index (χ1) is 26.6.